The molecule has 1 amide bonds. The fourth-order valence-corrected chi connectivity index (χ4v) is 4.39. The Labute approximate surface area is 190 Å². The van der Waals surface area contributed by atoms with Gasteiger partial charge in [-0.2, -0.15) is 0 Å². The molecule has 32 heavy (non-hydrogen) atoms. The van der Waals surface area contributed by atoms with Gasteiger partial charge in [-0.05, 0) is 23.3 Å². The third-order valence-corrected chi connectivity index (χ3v) is 6.06. The molecule has 3 aromatic carbocycles. The smallest absolute Gasteiger partial charge is 0.277 e. The van der Waals surface area contributed by atoms with Crippen LogP contribution in [0.4, 0.5) is 5.69 Å². The van der Waals surface area contributed by atoms with Crippen molar-refractivity contribution >= 4 is 23.4 Å². The Morgan fingerprint density at radius 3 is 2.47 bits per heavy atom. The average Bonchev–Trinajstić information content (AvgIpc) is 3.30. The normalized spacial score (nSPS) is 15.1. The highest BCUT2D eigenvalue weighted by molar-refractivity contribution is 7.99. The van der Waals surface area contributed by atoms with E-state index in [9.17, 15) is 4.79 Å². The van der Waals surface area contributed by atoms with E-state index in [0.29, 0.717) is 29.9 Å². The number of anilines is 1. The summed E-state index contributed by atoms with van der Waals surface area (Å²) < 4.78 is 11.7. The first-order valence-electron chi connectivity index (χ1n) is 10.4. The lowest BCUT2D eigenvalue weighted by atomic mass is 10.0. The third kappa shape index (κ3) is 4.38. The van der Waals surface area contributed by atoms with Crippen LogP contribution in [0.3, 0.4) is 0 Å². The Hall–Kier alpha value is -3.58. The van der Waals surface area contributed by atoms with E-state index in [-0.39, 0.29) is 17.7 Å². The zero-order valence-corrected chi connectivity index (χ0v) is 18.1. The van der Waals surface area contributed by atoms with Gasteiger partial charge in [0.25, 0.3) is 5.22 Å². The molecule has 0 N–H and O–H groups in total. The maximum atomic E-state index is 13.4. The lowest BCUT2D eigenvalue weighted by Gasteiger charge is -2.37. The molecule has 0 aliphatic carbocycles. The van der Waals surface area contributed by atoms with Gasteiger partial charge in [0, 0.05) is 0 Å². The van der Waals surface area contributed by atoms with E-state index in [1.165, 1.54) is 11.8 Å². The van der Waals surface area contributed by atoms with Gasteiger partial charge in [0.05, 0.1) is 23.9 Å². The molecular weight excluding hydrogens is 422 g/mol. The van der Waals surface area contributed by atoms with Crippen LogP contribution in [-0.2, 0) is 11.2 Å². The van der Waals surface area contributed by atoms with Crippen LogP contribution in [-0.4, -0.2) is 28.5 Å². The topological polar surface area (TPSA) is 68.5 Å². The molecule has 0 bridgehead atoms. The van der Waals surface area contributed by atoms with E-state index in [2.05, 4.69) is 10.2 Å². The third-order valence-electron chi connectivity index (χ3n) is 5.25. The lowest BCUT2D eigenvalue weighted by molar-refractivity contribution is -0.117. The molecule has 6 nitrogen and oxygen atoms in total. The number of ether oxygens (including phenoxy) is 1. The molecule has 1 atom stereocenters. The molecule has 1 aliphatic rings. The monoisotopic (exact) mass is 443 g/mol. The molecule has 0 saturated carbocycles. The predicted octanol–water partition coefficient (Wildman–Crippen LogP) is 4.92. The summed E-state index contributed by atoms with van der Waals surface area (Å²) in [5.74, 6) is 1.39. The Kier molecular flexibility index (Phi) is 5.89. The Balaban J connectivity index is 1.32. The number of rotatable bonds is 6. The number of aromatic nitrogens is 2. The van der Waals surface area contributed by atoms with E-state index in [1.54, 1.807) is 0 Å². The first-order chi connectivity index (χ1) is 15.8. The quantitative estimate of drug-likeness (QED) is 0.394. The van der Waals surface area contributed by atoms with Crippen molar-refractivity contribution in [2.24, 2.45) is 0 Å². The first kappa shape index (κ1) is 20.3. The predicted molar refractivity (Wildman–Crippen MR) is 123 cm³/mol. The van der Waals surface area contributed by atoms with Crippen molar-refractivity contribution < 1.29 is 13.9 Å². The SMILES string of the molecule is O=C(CSc1nnc(Cc2ccccc2)o1)N1c2ccccc2OCC1c1ccccc1. The molecule has 1 aliphatic heterocycles. The summed E-state index contributed by atoms with van der Waals surface area (Å²) in [6, 6.07) is 27.3. The fraction of sp³-hybridized carbons (Fsp3) is 0.160. The van der Waals surface area contributed by atoms with Gasteiger partial charge in [-0.1, -0.05) is 84.6 Å². The molecule has 0 fully saturated rings. The average molecular weight is 444 g/mol. The van der Waals surface area contributed by atoms with Gasteiger partial charge in [-0.25, -0.2) is 0 Å². The molecule has 4 aromatic rings. The van der Waals surface area contributed by atoms with Crippen molar-refractivity contribution in [2.75, 3.05) is 17.3 Å². The van der Waals surface area contributed by atoms with Gasteiger partial charge >= 0.3 is 0 Å². The Morgan fingerprint density at radius 1 is 0.938 bits per heavy atom. The summed E-state index contributed by atoms with van der Waals surface area (Å²) in [7, 11) is 0. The largest absolute Gasteiger partial charge is 0.489 e. The number of fused-ring (bicyclic) bond motifs is 1. The number of carbonyl (C=O) groups is 1. The summed E-state index contributed by atoms with van der Waals surface area (Å²) in [6.45, 7) is 0.402. The second-order valence-corrected chi connectivity index (χ2v) is 8.31. The van der Waals surface area contributed by atoms with Crippen LogP contribution < -0.4 is 9.64 Å². The lowest BCUT2D eigenvalue weighted by Crippen LogP contribution is -2.42. The fourth-order valence-electron chi connectivity index (χ4n) is 3.75. The van der Waals surface area contributed by atoms with Crippen molar-refractivity contribution in [2.45, 2.75) is 17.7 Å². The molecule has 0 saturated heterocycles. The molecule has 2 heterocycles. The van der Waals surface area contributed by atoms with Crippen LogP contribution >= 0.6 is 11.8 Å². The van der Waals surface area contributed by atoms with Crippen LogP contribution in [0.5, 0.6) is 5.75 Å². The van der Waals surface area contributed by atoms with Crippen molar-refractivity contribution in [1.29, 1.82) is 0 Å². The summed E-state index contributed by atoms with van der Waals surface area (Å²) >= 11 is 1.25. The minimum absolute atomic E-state index is 0.0394. The van der Waals surface area contributed by atoms with Crippen molar-refractivity contribution in [3.05, 3.63) is 102 Å². The van der Waals surface area contributed by atoms with E-state index < -0.39 is 0 Å². The zero-order chi connectivity index (χ0) is 21.8. The molecule has 1 unspecified atom stereocenters. The second kappa shape index (κ2) is 9.28. The van der Waals surface area contributed by atoms with Crippen molar-refractivity contribution in [3.63, 3.8) is 0 Å². The van der Waals surface area contributed by atoms with Crippen LogP contribution in [0, 0.1) is 0 Å². The zero-order valence-electron chi connectivity index (χ0n) is 17.3. The number of carbonyl (C=O) groups excluding carboxylic acids is 1. The summed E-state index contributed by atoms with van der Waals surface area (Å²) in [6.07, 6.45) is 0.565. The molecule has 1 aromatic heterocycles. The van der Waals surface area contributed by atoms with E-state index >= 15 is 0 Å². The summed E-state index contributed by atoms with van der Waals surface area (Å²) in [5, 5.41) is 8.61. The van der Waals surface area contributed by atoms with Gasteiger partial charge in [0.15, 0.2) is 0 Å². The second-order valence-electron chi connectivity index (χ2n) is 7.38. The van der Waals surface area contributed by atoms with Gasteiger partial charge in [0.1, 0.15) is 12.4 Å². The minimum atomic E-state index is -0.199. The van der Waals surface area contributed by atoms with E-state index in [1.807, 2.05) is 89.8 Å². The number of hydrogen-bond donors (Lipinski definition) is 0. The van der Waals surface area contributed by atoms with Crippen molar-refractivity contribution in [3.8, 4) is 5.75 Å². The van der Waals surface area contributed by atoms with Gasteiger partial charge < -0.3 is 9.15 Å². The number of amides is 1. The van der Waals surface area contributed by atoms with Crippen LogP contribution in [0.1, 0.15) is 23.1 Å². The first-order valence-corrected chi connectivity index (χ1v) is 11.3. The van der Waals surface area contributed by atoms with Gasteiger partial charge in [0.2, 0.25) is 11.8 Å². The number of hydrogen-bond acceptors (Lipinski definition) is 6. The molecule has 5 rings (SSSR count). The maximum Gasteiger partial charge on any atom is 0.277 e. The number of benzene rings is 3. The summed E-state index contributed by atoms with van der Waals surface area (Å²) in [4.78, 5) is 15.2. The van der Waals surface area contributed by atoms with Gasteiger partial charge in [-0.15, -0.1) is 10.2 Å². The van der Waals surface area contributed by atoms with E-state index in [4.69, 9.17) is 9.15 Å². The van der Waals surface area contributed by atoms with Gasteiger partial charge in [-0.3, -0.25) is 9.69 Å². The molecule has 7 heteroatoms. The molecule has 0 radical (unpaired) electrons. The highest BCUT2D eigenvalue weighted by Crippen LogP contribution is 2.39. The maximum absolute atomic E-state index is 13.4. The Morgan fingerprint density at radius 2 is 1.66 bits per heavy atom. The molecule has 160 valence electrons. The van der Waals surface area contributed by atoms with Crippen LogP contribution in [0.15, 0.2) is 94.6 Å². The van der Waals surface area contributed by atoms with E-state index in [0.717, 1.165) is 16.8 Å². The number of thioether (sulfide) groups is 1. The highest BCUT2D eigenvalue weighted by atomic mass is 32.2. The highest BCUT2D eigenvalue weighted by Gasteiger charge is 2.33. The molecule has 0 spiro atoms. The summed E-state index contributed by atoms with van der Waals surface area (Å²) in [5.41, 5.74) is 2.90. The van der Waals surface area contributed by atoms with Crippen LogP contribution in [0.25, 0.3) is 0 Å². The standard InChI is InChI=1S/C25H21N3O3S/c29-24(17-32-25-27-26-23(31-25)15-18-9-3-1-4-10-18)28-20-13-7-8-14-22(20)30-16-21(28)19-11-5-2-6-12-19/h1-14,21H,15-17H2. The van der Waals surface area contributed by atoms with Crippen molar-refractivity contribution in [1.82, 2.24) is 10.2 Å². The number of nitrogens with zero attached hydrogens (tertiary/aromatic N) is 3. The molecular formula is C25H21N3O3S. The number of para-hydroxylation sites is 2. The minimum Gasteiger partial charge on any atom is -0.489 e. The Bertz CT molecular complexity index is 1200. The van der Waals surface area contributed by atoms with Crippen LogP contribution in [0.2, 0.25) is 0 Å².